The van der Waals surface area contributed by atoms with Gasteiger partial charge in [-0.2, -0.15) is 5.10 Å². The first-order valence-corrected chi connectivity index (χ1v) is 8.65. The summed E-state index contributed by atoms with van der Waals surface area (Å²) in [5.41, 5.74) is 2.07. The molecule has 0 aliphatic carbocycles. The zero-order chi connectivity index (χ0) is 17.6. The van der Waals surface area contributed by atoms with E-state index in [2.05, 4.69) is 25.2 Å². The van der Waals surface area contributed by atoms with E-state index in [1.54, 1.807) is 6.07 Å². The number of phenolic OH excluding ortho intramolecular Hbond substituents is 1. The van der Waals surface area contributed by atoms with Gasteiger partial charge in [-0.05, 0) is 24.6 Å². The standard InChI is InChI=1S/C18H26N6O.HI/c1-15-13-21-24(14-15)8-7-20-18(19-2)23-11-9-22(10-12-23)16-5-3-4-6-17(16)25;/h3-6,13-14,25H,7-12H2,1-2H3,(H,19,20);1H. The van der Waals surface area contributed by atoms with Gasteiger partial charge in [0, 0.05) is 46.0 Å². The fourth-order valence-electron chi connectivity index (χ4n) is 3.09. The Balaban J connectivity index is 0.00000243. The predicted molar refractivity (Wildman–Crippen MR) is 116 cm³/mol. The van der Waals surface area contributed by atoms with Crippen molar-refractivity contribution < 1.29 is 5.11 Å². The first-order valence-electron chi connectivity index (χ1n) is 8.65. The highest BCUT2D eigenvalue weighted by atomic mass is 127. The van der Waals surface area contributed by atoms with Crippen LogP contribution in [0.25, 0.3) is 0 Å². The fraction of sp³-hybridized carbons (Fsp3) is 0.444. The van der Waals surface area contributed by atoms with Crippen molar-refractivity contribution in [3.63, 3.8) is 0 Å². The van der Waals surface area contributed by atoms with E-state index < -0.39 is 0 Å². The lowest BCUT2D eigenvalue weighted by Crippen LogP contribution is -2.53. The summed E-state index contributed by atoms with van der Waals surface area (Å²) in [6.07, 6.45) is 3.91. The number of benzene rings is 1. The van der Waals surface area contributed by atoms with Gasteiger partial charge in [-0.1, -0.05) is 12.1 Å². The molecule has 3 rings (SSSR count). The maximum atomic E-state index is 10.0. The molecule has 0 amide bonds. The van der Waals surface area contributed by atoms with E-state index in [-0.39, 0.29) is 24.0 Å². The molecular formula is C18H27IN6O. The number of hydrogen-bond acceptors (Lipinski definition) is 4. The van der Waals surface area contributed by atoms with E-state index in [4.69, 9.17) is 0 Å². The van der Waals surface area contributed by atoms with Crippen LogP contribution in [0.1, 0.15) is 5.56 Å². The van der Waals surface area contributed by atoms with Gasteiger partial charge in [-0.3, -0.25) is 9.67 Å². The van der Waals surface area contributed by atoms with E-state index in [1.807, 2.05) is 49.2 Å². The zero-order valence-electron chi connectivity index (χ0n) is 15.3. The van der Waals surface area contributed by atoms with Gasteiger partial charge in [0.2, 0.25) is 0 Å². The number of aromatic hydroxyl groups is 1. The number of piperazine rings is 1. The van der Waals surface area contributed by atoms with Crippen LogP contribution in [-0.2, 0) is 6.54 Å². The molecule has 0 radical (unpaired) electrons. The van der Waals surface area contributed by atoms with Crippen molar-refractivity contribution in [2.75, 3.05) is 44.7 Å². The largest absolute Gasteiger partial charge is 0.506 e. The van der Waals surface area contributed by atoms with E-state index in [0.717, 1.165) is 50.9 Å². The highest BCUT2D eigenvalue weighted by Crippen LogP contribution is 2.27. The van der Waals surface area contributed by atoms with Crippen LogP contribution < -0.4 is 10.2 Å². The van der Waals surface area contributed by atoms with Gasteiger partial charge in [0.15, 0.2) is 5.96 Å². The Hall–Kier alpha value is -1.97. The lowest BCUT2D eigenvalue weighted by Gasteiger charge is -2.37. The second-order valence-electron chi connectivity index (χ2n) is 6.22. The first-order chi connectivity index (χ1) is 12.2. The highest BCUT2D eigenvalue weighted by Gasteiger charge is 2.21. The molecule has 0 spiro atoms. The van der Waals surface area contributed by atoms with Crippen LogP contribution in [0.5, 0.6) is 5.75 Å². The van der Waals surface area contributed by atoms with E-state index >= 15 is 0 Å². The fourth-order valence-corrected chi connectivity index (χ4v) is 3.09. The average Bonchev–Trinajstić information content (AvgIpc) is 3.05. The zero-order valence-corrected chi connectivity index (χ0v) is 17.6. The number of anilines is 1. The Morgan fingerprint density at radius 1 is 1.23 bits per heavy atom. The number of guanidine groups is 1. The first kappa shape index (κ1) is 20.3. The molecule has 2 heterocycles. The van der Waals surface area contributed by atoms with E-state index in [9.17, 15) is 5.11 Å². The van der Waals surface area contributed by atoms with Gasteiger partial charge >= 0.3 is 0 Å². The quantitative estimate of drug-likeness (QED) is 0.406. The molecule has 1 fully saturated rings. The molecule has 1 saturated heterocycles. The molecule has 0 saturated carbocycles. The second-order valence-corrected chi connectivity index (χ2v) is 6.22. The molecule has 1 aliphatic rings. The third-order valence-electron chi connectivity index (χ3n) is 4.40. The van der Waals surface area contributed by atoms with Gasteiger partial charge in [0.05, 0.1) is 18.4 Å². The van der Waals surface area contributed by atoms with Crippen molar-refractivity contribution in [2.24, 2.45) is 4.99 Å². The Kier molecular flexibility index (Phi) is 7.55. The summed E-state index contributed by atoms with van der Waals surface area (Å²) in [5, 5.41) is 17.7. The average molecular weight is 470 g/mol. The SMILES string of the molecule is CN=C(NCCn1cc(C)cn1)N1CCN(c2ccccc2O)CC1.I. The van der Waals surface area contributed by atoms with Crippen LogP contribution in [0.3, 0.4) is 0 Å². The summed E-state index contributed by atoms with van der Waals surface area (Å²) in [7, 11) is 1.82. The Morgan fingerprint density at radius 2 is 1.96 bits per heavy atom. The molecule has 2 aromatic rings. The monoisotopic (exact) mass is 470 g/mol. The Morgan fingerprint density at radius 3 is 2.58 bits per heavy atom. The number of phenols is 1. The molecule has 8 heteroatoms. The summed E-state index contributed by atoms with van der Waals surface area (Å²) in [4.78, 5) is 8.87. The smallest absolute Gasteiger partial charge is 0.193 e. The molecule has 2 N–H and O–H groups in total. The number of halogens is 1. The molecule has 7 nitrogen and oxygen atoms in total. The minimum atomic E-state index is 0. The van der Waals surface area contributed by atoms with Crippen LogP contribution in [0, 0.1) is 6.92 Å². The van der Waals surface area contributed by atoms with Crippen molar-refractivity contribution in [3.8, 4) is 5.75 Å². The van der Waals surface area contributed by atoms with E-state index in [1.165, 1.54) is 5.56 Å². The number of aryl methyl sites for hydroxylation is 1. The number of para-hydroxylation sites is 2. The second kappa shape index (κ2) is 9.65. The lowest BCUT2D eigenvalue weighted by molar-refractivity contribution is 0.368. The third-order valence-corrected chi connectivity index (χ3v) is 4.40. The molecule has 1 aromatic heterocycles. The van der Waals surface area contributed by atoms with Crippen LogP contribution in [0.2, 0.25) is 0 Å². The minimum Gasteiger partial charge on any atom is -0.506 e. The summed E-state index contributed by atoms with van der Waals surface area (Å²) >= 11 is 0. The molecule has 0 unspecified atom stereocenters. The molecule has 1 aromatic carbocycles. The van der Waals surface area contributed by atoms with Crippen LogP contribution in [-0.4, -0.2) is 65.5 Å². The number of aromatic nitrogens is 2. The van der Waals surface area contributed by atoms with Crippen molar-refractivity contribution in [1.82, 2.24) is 20.0 Å². The number of nitrogens with one attached hydrogen (secondary N) is 1. The molecule has 0 atom stereocenters. The van der Waals surface area contributed by atoms with Crippen molar-refractivity contribution in [2.45, 2.75) is 13.5 Å². The highest BCUT2D eigenvalue weighted by molar-refractivity contribution is 14.0. The van der Waals surface area contributed by atoms with Gasteiger partial charge < -0.3 is 20.2 Å². The molecule has 1 aliphatic heterocycles. The topological polar surface area (TPSA) is 68.9 Å². The number of aliphatic imine (C=N–C) groups is 1. The third kappa shape index (κ3) is 5.03. The maximum absolute atomic E-state index is 10.0. The molecular weight excluding hydrogens is 443 g/mol. The van der Waals surface area contributed by atoms with Gasteiger partial charge in [-0.15, -0.1) is 24.0 Å². The maximum Gasteiger partial charge on any atom is 0.193 e. The summed E-state index contributed by atoms with van der Waals surface area (Å²) in [6, 6.07) is 7.50. The normalized spacial score (nSPS) is 14.9. The lowest BCUT2D eigenvalue weighted by atomic mass is 10.2. The van der Waals surface area contributed by atoms with Crippen molar-refractivity contribution in [1.29, 1.82) is 0 Å². The number of hydrogen-bond donors (Lipinski definition) is 2. The van der Waals surface area contributed by atoms with Crippen molar-refractivity contribution >= 4 is 35.6 Å². The summed E-state index contributed by atoms with van der Waals surface area (Å²) < 4.78 is 1.94. The Bertz CT molecular complexity index is 724. The van der Waals surface area contributed by atoms with Crippen LogP contribution >= 0.6 is 24.0 Å². The van der Waals surface area contributed by atoms with E-state index in [0.29, 0.717) is 5.75 Å². The van der Waals surface area contributed by atoms with Crippen molar-refractivity contribution in [3.05, 3.63) is 42.2 Å². The number of rotatable bonds is 4. The number of nitrogens with zero attached hydrogens (tertiary/aromatic N) is 5. The molecule has 26 heavy (non-hydrogen) atoms. The summed E-state index contributed by atoms with van der Waals surface area (Å²) in [5.74, 6) is 1.26. The predicted octanol–water partition coefficient (Wildman–Crippen LogP) is 1.91. The van der Waals surface area contributed by atoms with Gasteiger partial charge in [0.1, 0.15) is 5.75 Å². The van der Waals surface area contributed by atoms with Crippen LogP contribution in [0.4, 0.5) is 5.69 Å². The van der Waals surface area contributed by atoms with Gasteiger partial charge in [-0.25, -0.2) is 0 Å². The minimum absolute atomic E-state index is 0. The Labute approximate surface area is 171 Å². The summed E-state index contributed by atoms with van der Waals surface area (Å²) in [6.45, 7) is 7.09. The van der Waals surface area contributed by atoms with Gasteiger partial charge in [0.25, 0.3) is 0 Å². The van der Waals surface area contributed by atoms with Crippen LogP contribution in [0.15, 0.2) is 41.7 Å². The molecule has 0 bridgehead atoms. The molecule has 142 valence electrons.